The second-order valence-electron chi connectivity index (χ2n) is 3.36. The first kappa shape index (κ1) is 9.02. The molecule has 1 amide bonds. The van der Waals surface area contributed by atoms with E-state index in [0.29, 0.717) is 6.42 Å². The topological polar surface area (TPSA) is 60.8 Å². The lowest BCUT2D eigenvalue weighted by Gasteiger charge is -2.31. The quantitative estimate of drug-likeness (QED) is 0.647. The van der Waals surface area contributed by atoms with Gasteiger partial charge in [-0.3, -0.25) is 4.90 Å². The van der Waals surface area contributed by atoms with Crippen LogP contribution in [0.3, 0.4) is 0 Å². The first-order valence-corrected chi connectivity index (χ1v) is 4.43. The number of aliphatic hydroxyl groups excluding tert-OH is 1. The van der Waals surface area contributed by atoms with E-state index in [1.165, 1.54) is 0 Å². The molecule has 1 aromatic rings. The lowest BCUT2D eigenvalue weighted by Crippen LogP contribution is -2.43. The van der Waals surface area contributed by atoms with E-state index in [9.17, 15) is 9.90 Å². The molecule has 0 radical (unpaired) electrons. The van der Waals surface area contributed by atoms with E-state index in [4.69, 9.17) is 5.11 Å². The van der Waals surface area contributed by atoms with Crippen LogP contribution in [0.4, 0.5) is 4.79 Å². The molecule has 0 saturated carbocycles. The average Bonchev–Trinajstić information content (AvgIpc) is 2.16. The van der Waals surface area contributed by atoms with Crippen molar-refractivity contribution < 1.29 is 15.0 Å². The zero-order chi connectivity index (χ0) is 10.1. The van der Waals surface area contributed by atoms with Crippen molar-refractivity contribution in [2.75, 3.05) is 0 Å². The number of rotatable bonds is 0. The Balaban J connectivity index is 2.31. The van der Waals surface area contributed by atoms with Crippen LogP contribution in [-0.4, -0.2) is 27.4 Å². The highest BCUT2D eigenvalue weighted by Crippen LogP contribution is 2.21. The maximum absolute atomic E-state index is 10.7. The van der Waals surface area contributed by atoms with Crippen molar-refractivity contribution in [2.45, 2.75) is 19.2 Å². The van der Waals surface area contributed by atoms with E-state index in [2.05, 4.69) is 0 Å². The van der Waals surface area contributed by atoms with Gasteiger partial charge in [0.1, 0.15) is 6.23 Å². The Morgan fingerprint density at radius 3 is 2.64 bits per heavy atom. The molecule has 0 bridgehead atoms. The Labute approximate surface area is 81.4 Å². The van der Waals surface area contributed by atoms with Crippen LogP contribution in [0, 0.1) is 0 Å². The van der Waals surface area contributed by atoms with Gasteiger partial charge in [-0.25, -0.2) is 4.79 Å². The second kappa shape index (κ2) is 3.31. The van der Waals surface area contributed by atoms with Gasteiger partial charge in [0.05, 0.1) is 6.54 Å². The van der Waals surface area contributed by atoms with Gasteiger partial charge < -0.3 is 10.2 Å². The number of fused-ring (bicyclic) bond motifs is 1. The molecule has 1 heterocycles. The number of hydrogen-bond acceptors (Lipinski definition) is 2. The predicted molar refractivity (Wildman–Crippen MR) is 49.7 cm³/mol. The number of benzene rings is 1. The molecule has 0 aliphatic carbocycles. The minimum atomic E-state index is -1.08. The normalized spacial score (nSPS) is 20.4. The van der Waals surface area contributed by atoms with Gasteiger partial charge in [-0.15, -0.1) is 0 Å². The first-order valence-electron chi connectivity index (χ1n) is 4.43. The molecule has 14 heavy (non-hydrogen) atoms. The SMILES string of the molecule is O=C(O)N1Cc2ccccc2CC1O. The fraction of sp³-hybridized carbons (Fsp3) is 0.300. The van der Waals surface area contributed by atoms with E-state index in [1.54, 1.807) is 0 Å². The van der Waals surface area contributed by atoms with Crippen LogP contribution in [0.1, 0.15) is 11.1 Å². The van der Waals surface area contributed by atoms with E-state index in [-0.39, 0.29) is 6.54 Å². The molecule has 1 aliphatic heterocycles. The highest BCUT2D eigenvalue weighted by Gasteiger charge is 2.27. The van der Waals surface area contributed by atoms with Gasteiger partial charge in [-0.05, 0) is 11.1 Å². The van der Waals surface area contributed by atoms with Gasteiger partial charge in [-0.2, -0.15) is 0 Å². The molecule has 4 nitrogen and oxygen atoms in total. The molecule has 2 rings (SSSR count). The molecular formula is C10H11NO3. The Hall–Kier alpha value is -1.55. The molecule has 1 atom stereocenters. The summed E-state index contributed by atoms with van der Waals surface area (Å²) in [6.07, 6.45) is -1.61. The third-order valence-corrected chi connectivity index (χ3v) is 2.47. The van der Waals surface area contributed by atoms with Crippen molar-refractivity contribution in [1.82, 2.24) is 4.90 Å². The van der Waals surface area contributed by atoms with Crippen LogP contribution in [0.2, 0.25) is 0 Å². The summed E-state index contributed by atoms with van der Waals surface area (Å²) in [4.78, 5) is 11.8. The minimum Gasteiger partial charge on any atom is -0.465 e. The van der Waals surface area contributed by atoms with Crippen molar-refractivity contribution in [1.29, 1.82) is 0 Å². The van der Waals surface area contributed by atoms with Crippen LogP contribution in [0.25, 0.3) is 0 Å². The lowest BCUT2D eigenvalue weighted by molar-refractivity contribution is 0.000836. The number of aliphatic hydroxyl groups is 1. The highest BCUT2D eigenvalue weighted by molar-refractivity contribution is 5.65. The molecule has 2 N–H and O–H groups in total. The van der Waals surface area contributed by atoms with Crippen molar-refractivity contribution in [3.63, 3.8) is 0 Å². The summed E-state index contributed by atoms with van der Waals surface area (Å²) in [6, 6.07) is 7.56. The largest absolute Gasteiger partial charge is 0.465 e. The summed E-state index contributed by atoms with van der Waals surface area (Å²) < 4.78 is 0. The Morgan fingerprint density at radius 1 is 1.36 bits per heavy atom. The van der Waals surface area contributed by atoms with Crippen molar-refractivity contribution in [3.8, 4) is 0 Å². The molecule has 4 heteroatoms. The number of nitrogens with zero attached hydrogens (tertiary/aromatic N) is 1. The van der Waals surface area contributed by atoms with Gasteiger partial charge in [0.25, 0.3) is 0 Å². The molecule has 74 valence electrons. The Morgan fingerprint density at radius 2 is 2.00 bits per heavy atom. The molecular weight excluding hydrogens is 182 g/mol. The van der Waals surface area contributed by atoms with Gasteiger partial charge in [0.15, 0.2) is 0 Å². The summed E-state index contributed by atoms with van der Waals surface area (Å²) in [7, 11) is 0. The van der Waals surface area contributed by atoms with E-state index in [1.807, 2.05) is 24.3 Å². The summed E-state index contributed by atoms with van der Waals surface area (Å²) in [5, 5.41) is 18.3. The van der Waals surface area contributed by atoms with Crippen LogP contribution in [0.5, 0.6) is 0 Å². The predicted octanol–water partition coefficient (Wildman–Crippen LogP) is 1.04. The van der Waals surface area contributed by atoms with Crippen molar-refractivity contribution in [2.24, 2.45) is 0 Å². The van der Waals surface area contributed by atoms with Gasteiger partial charge in [0, 0.05) is 6.42 Å². The standard InChI is InChI=1S/C10H11NO3/c12-9-5-7-3-1-2-4-8(7)6-11(9)10(13)14/h1-4,9,12H,5-6H2,(H,13,14). The van der Waals surface area contributed by atoms with E-state index >= 15 is 0 Å². The van der Waals surface area contributed by atoms with Crippen LogP contribution >= 0.6 is 0 Å². The zero-order valence-corrected chi connectivity index (χ0v) is 7.55. The maximum Gasteiger partial charge on any atom is 0.409 e. The fourth-order valence-corrected chi connectivity index (χ4v) is 1.70. The van der Waals surface area contributed by atoms with E-state index < -0.39 is 12.3 Å². The number of carboxylic acid groups (broad SMARTS) is 1. The third kappa shape index (κ3) is 1.44. The second-order valence-corrected chi connectivity index (χ2v) is 3.36. The third-order valence-electron chi connectivity index (χ3n) is 2.47. The number of amides is 1. The summed E-state index contributed by atoms with van der Waals surface area (Å²) in [5.74, 6) is 0. The monoisotopic (exact) mass is 193 g/mol. The molecule has 0 saturated heterocycles. The minimum absolute atomic E-state index is 0.271. The highest BCUT2D eigenvalue weighted by atomic mass is 16.4. The molecule has 1 aromatic carbocycles. The van der Waals surface area contributed by atoms with Gasteiger partial charge >= 0.3 is 6.09 Å². The van der Waals surface area contributed by atoms with Crippen LogP contribution in [0.15, 0.2) is 24.3 Å². The molecule has 0 spiro atoms. The molecule has 0 fully saturated rings. The maximum atomic E-state index is 10.7. The Kier molecular flexibility index (Phi) is 2.13. The molecule has 0 aromatic heterocycles. The Bertz CT molecular complexity index is 364. The molecule has 1 unspecified atom stereocenters. The number of hydrogen-bond donors (Lipinski definition) is 2. The summed E-state index contributed by atoms with van der Waals surface area (Å²) in [5.41, 5.74) is 2.00. The summed E-state index contributed by atoms with van der Waals surface area (Å²) >= 11 is 0. The van der Waals surface area contributed by atoms with Gasteiger partial charge in [-0.1, -0.05) is 24.3 Å². The first-order chi connectivity index (χ1) is 6.68. The fourth-order valence-electron chi connectivity index (χ4n) is 1.70. The van der Waals surface area contributed by atoms with Crippen molar-refractivity contribution >= 4 is 6.09 Å². The number of carbonyl (C=O) groups is 1. The van der Waals surface area contributed by atoms with E-state index in [0.717, 1.165) is 16.0 Å². The van der Waals surface area contributed by atoms with Crippen LogP contribution in [-0.2, 0) is 13.0 Å². The smallest absolute Gasteiger partial charge is 0.409 e. The summed E-state index contributed by atoms with van der Waals surface area (Å²) in [6.45, 7) is 0.271. The zero-order valence-electron chi connectivity index (χ0n) is 7.55. The van der Waals surface area contributed by atoms with Crippen LogP contribution < -0.4 is 0 Å². The lowest BCUT2D eigenvalue weighted by atomic mass is 9.99. The van der Waals surface area contributed by atoms with Gasteiger partial charge in [0.2, 0.25) is 0 Å². The van der Waals surface area contributed by atoms with Crippen molar-refractivity contribution in [3.05, 3.63) is 35.4 Å². The molecule has 1 aliphatic rings. The average molecular weight is 193 g/mol.